The number of para-hydroxylation sites is 2. The standard InChI is InChI=1S/C21H22N4O/c1-17-7-5-6-10-20(17)23-11-13-24(14-12-23)21(26)18-15-22-25(16-18)19-8-3-2-4-9-19/h2-10,15-16H,11-14H2,1H3. The molecule has 0 atom stereocenters. The van der Waals surface area contributed by atoms with Crippen molar-refractivity contribution in [3.8, 4) is 5.69 Å². The summed E-state index contributed by atoms with van der Waals surface area (Å²) < 4.78 is 1.75. The van der Waals surface area contributed by atoms with Gasteiger partial charge in [-0.3, -0.25) is 4.79 Å². The number of nitrogens with zero attached hydrogens (tertiary/aromatic N) is 4. The van der Waals surface area contributed by atoms with Crippen LogP contribution in [0.4, 0.5) is 5.69 Å². The van der Waals surface area contributed by atoms with Gasteiger partial charge in [-0.05, 0) is 30.7 Å². The normalized spacial score (nSPS) is 14.5. The molecule has 132 valence electrons. The quantitative estimate of drug-likeness (QED) is 0.732. The van der Waals surface area contributed by atoms with Crippen molar-refractivity contribution in [3.05, 3.63) is 78.1 Å². The average molecular weight is 346 g/mol. The van der Waals surface area contributed by atoms with Crippen molar-refractivity contribution in [1.82, 2.24) is 14.7 Å². The van der Waals surface area contributed by atoms with Gasteiger partial charge in [0.25, 0.3) is 5.91 Å². The third-order valence-corrected chi connectivity index (χ3v) is 4.87. The maximum atomic E-state index is 12.8. The lowest BCUT2D eigenvalue weighted by Gasteiger charge is -2.36. The molecule has 5 heteroatoms. The number of anilines is 1. The lowest BCUT2D eigenvalue weighted by Crippen LogP contribution is -2.48. The Morgan fingerprint density at radius 3 is 2.35 bits per heavy atom. The van der Waals surface area contributed by atoms with E-state index in [1.807, 2.05) is 41.4 Å². The first-order valence-electron chi connectivity index (χ1n) is 8.92. The molecule has 1 saturated heterocycles. The molecule has 0 aliphatic carbocycles. The number of aromatic nitrogens is 2. The zero-order chi connectivity index (χ0) is 17.9. The molecule has 2 aromatic carbocycles. The Balaban J connectivity index is 1.43. The number of amides is 1. The third kappa shape index (κ3) is 3.20. The number of hydrogen-bond acceptors (Lipinski definition) is 3. The van der Waals surface area contributed by atoms with Crippen molar-refractivity contribution in [2.45, 2.75) is 6.92 Å². The van der Waals surface area contributed by atoms with Gasteiger partial charge in [0.1, 0.15) is 0 Å². The van der Waals surface area contributed by atoms with Crippen molar-refractivity contribution in [3.63, 3.8) is 0 Å². The fraction of sp³-hybridized carbons (Fsp3) is 0.238. The fourth-order valence-electron chi connectivity index (χ4n) is 3.41. The highest BCUT2D eigenvalue weighted by Crippen LogP contribution is 2.21. The first-order valence-corrected chi connectivity index (χ1v) is 8.92. The summed E-state index contributed by atoms with van der Waals surface area (Å²) in [5.41, 5.74) is 4.13. The molecule has 26 heavy (non-hydrogen) atoms. The van der Waals surface area contributed by atoms with Gasteiger partial charge in [-0.15, -0.1) is 0 Å². The smallest absolute Gasteiger partial charge is 0.257 e. The summed E-state index contributed by atoms with van der Waals surface area (Å²) in [5.74, 6) is 0.0524. The van der Waals surface area contributed by atoms with E-state index in [0.29, 0.717) is 5.56 Å². The summed E-state index contributed by atoms with van der Waals surface area (Å²) in [7, 11) is 0. The minimum Gasteiger partial charge on any atom is -0.368 e. The van der Waals surface area contributed by atoms with Crippen LogP contribution in [0.2, 0.25) is 0 Å². The van der Waals surface area contributed by atoms with Gasteiger partial charge in [0.15, 0.2) is 0 Å². The highest BCUT2D eigenvalue weighted by atomic mass is 16.2. The second-order valence-electron chi connectivity index (χ2n) is 6.57. The van der Waals surface area contributed by atoms with Crippen LogP contribution in [0.25, 0.3) is 5.69 Å². The van der Waals surface area contributed by atoms with Crippen LogP contribution in [0.15, 0.2) is 67.0 Å². The van der Waals surface area contributed by atoms with E-state index in [1.54, 1.807) is 10.9 Å². The maximum Gasteiger partial charge on any atom is 0.257 e. The Bertz CT molecular complexity index is 895. The second-order valence-corrected chi connectivity index (χ2v) is 6.57. The van der Waals surface area contributed by atoms with Gasteiger partial charge >= 0.3 is 0 Å². The molecule has 0 spiro atoms. The molecule has 1 aliphatic heterocycles. The molecule has 0 radical (unpaired) electrons. The minimum absolute atomic E-state index is 0.0524. The van der Waals surface area contributed by atoms with E-state index < -0.39 is 0 Å². The Hall–Kier alpha value is -3.08. The Labute approximate surface area is 153 Å². The van der Waals surface area contributed by atoms with E-state index in [9.17, 15) is 4.79 Å². The maximum absolute atomic E-state index is 12.8. The second kappa shape index (κ2) is 7.04. The molecule has 1 amide bonds. The van der Waals surface area contributed by atoms with Gasteiger partial charge in [-0.25, -0.2) is 4.68 Å². The summed E-state index contributed by atoms with van der Waals surface area (Å²) in [6, 6.07) is 18.2. The topological polar surface area (TPSA) is 41.4 Å². The van der Waals surface area contributed by atoms with Crippen LogP contribution in [0.3, 0.4) is 0 Å². The number of aryl methyl sites for hydroxylation is 1. The predicted molar refractivity (Wildman–Crippen MR) is 103 cm³/mol. The zero-order valence-corrected chi connectivity index (χ0v) is 14.9. The largest absolute Gasteiger partial charge is 0.368 e. The molecular weight excluding hydrogens is 324 g/mol. The molecular formula is C21H22N4O. The van der Waals surface area contributed by atoms with Gasteiger partial charge in [0, 0.05) is 38.1 Å². The molecule has 0 N–H and O–H groups in total. The Morgan fingerprint density at radius 2 is 1.62 bits per heavy atom. The molecule has 0 bridgehead atoms. The van der Waals surface area contributed by atoms with E-state index in [1.165, 1.54) is 11.3 Å². The fourth-order valence-corrected chi connectivity index (χ4v) is 3.41. The molecule has 1 fully saturated rings. The van der Waals surface area contributed by atoms with Crippen molar-refractivity contribution in [2.75, 3.05) is 31.1 Å². The summed E-state index contributed by atoms with van der Waals surface area (Å²) in [6.45, 7) is 5.28. The van der Waals surface area contributed by atoms with Crippen LogP contribution in [-0.2, 0) is 0 Å². The highest BCUT2D eigenvalue weighted by Gasteiger charge is 2.23. The summed E-state index contributed by atoms with van der Waals surface area (Å²) >= 11 is 0. The van der Waals surface area contributed by atoms with Gasteiger partial charge in [-0.1, -0.05) is 36.4 Å². The lowest BCUT2D eigenvalue weighted by molar-refractivity contribution is 0.0747. The molecule has 2 heterocycles. The van der Waals surface area contributed by atoms with Crippen molar-refractivity contribution < 1.29 is 4.79 Å². The monoisotopic (exact) mass is 346 g/mol. The number of carbonyl (C=O) groups is 1. The average Bonchev–Trinajstić information content (AvgIpc) is 3.19. The van der Waals surface area contributed by atoms with Gasteiger partial charge in [0.05, 0.1) is 17.4 Å². The summed E-state index contributed by atoms with van der Waals surface area (Å²) in [4.78, 5) is 17.1. The number of rotatable bonds is 3. The lowest BCUT2D eigenvalue weighted by atomic mass is 10.1. The van der Waals surface area contributed by atoms with Crippen LogP contribution < -0.4 is 4.90 Å². The SMILES string of the molecule is Cc1ccccc1N1CCN(C(=O)c2cnn(-c3ccccc3)c2)CC1. The third-order valence-electron chi connectivity index (χ3n) is 4.87. The van der Waals surface area contributed by atoms with E-state index in [0.717, 1.165) is 31.9 Å². The van der Waals surface area contributed by atoms with Crippen molar-refractivity contribution in [2.24, 2.45) is 0 Å². The minimum atomic E-state index is 0.0524. The molecule has 1 aliphatic rings. The molecule has 1 aromatic heterocycles. The number of piperazine rings is 1. The Morgan fingerprint density at radius 1 is 0.923 bits per heavy atom. The van der Waals surface area contributed by atoms with E-state index in [4.69, 9.17) is 0 Å². The van der Waals surface area contributed by atoms with Crippen LogP contribution in [-0.4, -0.2) is 46.8 Å². The molecule has 0 unspecified atom stereocenters. The van der Waals surface area contributed by atoms with E-state index in [2.05, 4.69) is 41.2 Å². The Kier molecular flexibility index (Phi) is 4.44. The van der Waals surface area contributed by atoms with E-state index in [-0.39, 0.29) is 5.91 Å². The van der Waals surface area contributed by atoms with Crippen molar-refractivity contribution in [1.29, 1.82) is 0 Å². The van der Waals surface area contributed by atoms with Gasteiger partial charge in [0.2, 0.25) is 0 Å². The number of hydrogen-bond donors (Lipinski definition) is 0. The summed E-state index contributed by atoms with van der Waals surface area (Å²) in [6.07, 6.45) is 3.47. The molecule has 5 nitrogen and oxygen atoms in total. The van der Waals surface area contributed by atoms with Crippen LogP contribution in [0.1, 0.15) is 15.9 Å². The number of carbonyl (C=O) groups excluding carboxylic acids is 1. The molecule has 4 rings (SSSR count). The van der Waals surface area contributed by atoms with E-state index >= 15 is 0 Å². The van der Waals surface area contributed by atoms with Gasteiger partial charge in [-0.2, -0.15) is 5.10 Å². The van der Waals surface area contributed by atoms with Crippen LogP contribution in [0, 0.1) is 6.92 Å². The van der Waals surface area contributed by atoms with Crippen LogP contribution in [0.5, 0.6) is 0 Å². The van der Waals surface area contributed by atoms with Gasteiger partial charge < -0.3 is 9.80 Å². The first kappa shape index (κ1) is 16.4. The zero-order valence-electron chi connectivity index (χ0n) is 14.9. The molecule has 3 aromatic rings. The molecule has 0 saturated carbocycles. The van der Waals surface area contributed by atoms with Crippen molar-refractivity contribution >= 4 is 11.6 Å². The first-order chi connectivity index (χ1) is 12.7. The predicted octanol–water partition coefficient (Wildman–Crippen LogP) is 3.14. The van der Waals surface area contributed by atoms with Crippen LogP contribution >= 0.6 is 0 Å². The number of benzene rings is 2. The highest BCUT2D eigenvalue weighted by molar-refractivity contribution is 5.94. The summed E-state index contributed by atoms with van der Waals surface area (Å²) in [5, 5.41) is 4.34.